The van der Waals surface area contributed by atoms with Crippen molar-refractivity contribution >= 4 is 28.6 Å². The van der Waals surface area contributed by atoms with E-state index in [2.05, 4.69) is 34.7 Å². The van der Waals surface area contributed by atoms with E-state index in [-0.39, 0.29) is 30.4 Å². The second-order valence-corrected chi connectivity index (χ2v) is 9.48. The van der Waals surface area contributed by atoms with Gasteiger partial charge in [-0.3, -0.25) is 14.4 Å². The summed E-state index contributed by atoms with van der Waals surface area (Å²) in [5.74, 6) is -1.17. The highest BCUT2D eigenvalue weighted by Crippen LogP contribution is 2.27. The fourth-order valence-electron chi connectivity index (χ4n) is 4.91. The van der Waals surface area contributed by atoms with E-state index in [0.717, 1.165) is 48.6 Å². The van der Waals surface area contributed by atoms with Crippen molar-refractivity contribution in [2.75, 3.05) is 6.61 Å². The minimum Gasteiger partial charge on any atom is -0.457 e. The van der Waals surface area contributed by atoms with Crippen LogP contribution in [0.3, 0.4) is 0 Å². The fourth-order valence-corrected chi connectivity index (χ4v) is 4.91. The highest BCUT2D eigenvalue weighted by molar-refractivity contribution is 5.98. The maximum Gasteiger partial charge on any atom is 0.311 e. The Balaban J connectivity index is 1.33. The lowest BCUT2D eigenvalue weighted by atomic mass is 10.0. The Labute approximate surface area is 212 Å². The normalized spacial score (nSPS) is 18.1. The van der Waals surface area contributed by atoms with Gasteiger partial charge in [-0.1, -0.05) is 74.7 Å². The van der Waals surface area contributed by atoms with E-state index in [9.17, 15) is 14.4 Å². The number of ether oxygens (including phenoxy) is 1. The summed E-state index contributed by atoms with van der Waals surface area (Å²) in [5.41, 5.74) is 2.70. The first-order chi connectivity index (χ1) is 17.6. The highest BCUT2D eigenvalue weighted by atomic mass is 16.5. The Morgan fingerprint density at radius 1 is 1.06 bits per heavy atom. The van der Waals surface area contributed by atoms with Gasteiger partial charge in [0.05, 0.1) is 12.0 Å². The molecule has 1 aliphatic carbocycles. The maximum atomic E-state index is 13.3. The molecule has 1 saturated carbocycles. The lowest BCUT2D eigenvalue weighted by Gasteiger charge is -2.24. The van der Waals surface area contributed by atoms with Crippen LogP contribution in [0.15, 0.2) is 60.8 Å². The van der Waals surface area contributed by atoms with E-state index in [0.29, 0.717) is 18.5 Å². The predicted molar refractivity (Wildman–Crippen MR) is 139 cm³/mol. The summed E-state index contributed by atoms with van der Waals surface area (Å²) in [6, 6.07) is 16.3. The van der Waals surface area contributed by atoms with Gasteiger partial charge >= 0.3 is 5.97 Å². The summed E-state index contributed by atoms with van der Waals surface area (Å²) >= 11 is 0. The molecule has 1 amide bonds. The lowest BCUT2D eigenvalue weighted by Crippen LogP contribution is -2.49. The maximum absolute atomic E-state index is 13.3. The molecule has 1 aromatic heterocycles. The molecule has 3 atom stereocenters. The van der Waals surface area contributed by atoms with E-state index in [1.54, 1.807) is 24.3 Å². The Kier molecular flexibility index (Phi) is 8.90. The number of para-hydroxylation sites is 1. The Bertz CT molecular complexity index is 1170. The molecule has 1 aliphatic rings. The number of hydrogen-bond donors (Lipinski definition) is 3. The van der Waals surface area contributed by atoms with E-state index in [1.807, 2.05) is 24.4 Å². The first-order valence-corrected chi connectivity index (χ1v) is 12.9. The van der Waals surface area contributed by atoms with Crippen LogP contribution in [-0.2, 0) is 20.9 Å². The van der Waals surface area contributed by atoms with Gasteiger partial charge in [0, 0.05) is 29.9 Å². The molecule has 4 rings (SSSR count). The average Bonchev–Trinajstić information content (AvgIpc) is 3.57. The van der Waals surface area contributed by atoms with Gasteiger partial charge in [-0.15, -0.1) is 0 Å². The van der Waals surface area contributed by atoms with Crippen molar-refractivity contribution in [2.24, 2.45) is 5.92 Å². The van der Waals surface area contributed by atoms with Gasteiger partial charge in [-0.25, -0.2) is 0 Å². The number of esters is 1. The number of nitrogens with one attached hydrogen (secondary N) is 3. The van der Waals surface area contributed by atoms with Crippen LogP contribution in [0, 0.1) is 5.92 Å². The van der Waals surface area contributed by atoms with Gasteiger partial charge in [0.25, 0.3) is 0 Å². The van der Waals surface area contributed by atoms with Gasteiger partial charge in [0.2, 0.25) is 5.91 Å². The number of amides is 1. The number of carbonyl (C=O) groups excluding carboxylic acids is 3. The molecule has 1 fully saturated rings. The zero-order valence-corrected chi connectivity index (χ0v) is 20.8. The molecule has 7 nitrogen and oxygen atoms in total. The number of H-pyrrole nitrogens is 1. The first kappa shape index (κ1) is 25.6. The minimum absolute atomic E-state index is 0.0906. The number of carbonyl (C=O) groups is 3. The first-order valence-electron chi connectivity index (χ1n) is 12.9. The molecule has 0 bridgehead atoms. The number of ketones is 1. The number of rotatable bonds is 12. The molecular weight excluding hydrogens is 454 g/mol. The second-order valence-electron chi connectivity index (χ2n) is 9.48. The van der Waals surface area contributed by atoms with Crippen LogP contribution in [0.1, 0.15) is 61.4 Å². The van der Waals surface area contributed by atoms with E-state index in [4.69, 9.17) is 4.74 Å². The fraction of sp³-hybridized carbons (Fsp3) is 0.414. The van der Waals surface area contributed by atoms with Gasteiger partial charge in [-0.05, 0) is 36.3 Å². The lowest BCUT2D eigenvalue weighted by molar-refractivity contribution is -0.148. The van der Waals surface area contributed by atoms with E-state index < -0.39 is 11.9 Å². The van der Waals surface area contributed by atoms with Crippen molar-refractivity contribution < 1.29 is 19.1 Å². The van der Waals surface area contributed by atoms with Crippen molar-refractivity contribution in [2.45, 2.75) is 64.1 Å². The molecule has 0 aliphatic heterocycles. The zero-order valence-electron chi connectivity index (χ0n) is 20.8. The van der Waals surface area contributed by atoms with Gasteiger partial charge in [0.1, 0.15) is 0 Å². The SMILES string of the molecule is CCCC[C@H](NCc1cccc2cc[nH]c12)C(=O)N[C@H]1CCC[C@H]1C(=O)OCC(=O)c1ccccc1. The number of Topliss-reactive ketones (excluding diaryl/α,β-unsaturated/α-hetero) is 1. The zero-order chi connectivity index (χ0) is 25.3. The van der Waals surface area contributed by atoms with Crippen molar-refractivity contribution in [3.05, 3.63) is 71.9 Å². The van der Waals surface area contributed by atoms with Crippen LogP contribution in [0.4, 0.5) is 0 Å². The van der Waals surface area contributed by atoms with Crippen molar-refractivity contribution in [3.8, 4) is 0 Å². The van der Waals surface area contributed by atoms with Crippen LogP contribution < -0.4 is 10.6 Å². The summed E-state index contributed by atoms with van der Waals surface area (Å²) in [4.78, 5) is 41.6. The molecule has 3 aromatic rings. The number of aromatic amines is 1. The third-order valence-electron chi connectivity index (χ3n) is 6.96. The molecule has 3 N–H and O–H groups in total. The molecule has 0 saturated heterocycles. The largest absolute Gasteiger partial charge is 0.457 e. The number of unbranched alkanes of at least 4 members (excludes halogenated alkanes) is 1. The van der Waals surface area contributed by atoms with Gasteiger partial charge in [-0.2, -0.15) is 0 Å². The Morgan fingerprint density at radius 2 is 1.89 bits per heavy atom. The summed E-state index contributed by atoms with van der Waals surface area (Å²) in [6.07, 6.45) is 6.75. The second kappa shape index (κ2) is 12.5. The molecule has 190 valence electrons. The average molecular weight is 490 g/mol. The number of fused-ring (bicyclic) bond motifs is 1. The highest BCUT2D eigenvalue weighted by Gasteiger charge is 2.36. The quantitative estimate of drug-likeness (QED) is 0.256. The molecular formula is C29H35N3O4. The summed E-state index contributed by atoms with van der Waals surface area (Å²) in [5, 5.41) is 7.69. The third-order valence-corrected chi connectivity index (χ3v) is 6.96. The van der Waals surface area contributed by atoms with Gasteiger partial charge in [0.15, 0.2) is 12.4 Å². The third kappa shape index (κ3) is 6.40. The van der Waals surface area contributed by atoms with Crippen LogP contribution >= 0.6 is 0 Å². The van der Waals surface area contributed by atoms with Crippen molar-refractivity contribution in [1.29, 1.82) is 0 Å². The van der Waals surface area contributed by atoms with E-state index >= 15 is 0 Å². The van der Waals surface area contributed by atoms with Gasteiger partial charge < -0.3 is 20.4 Å². The summed E-state index contributed by atoms with van der Waals surface area (Å²) < 4.78 is 5.36. The van der Waals surface area contributed by atoms with Crippen molar-refractivity contribution in [3.63, 3.8) is 0 Å². The molecule has 0 spiro atoms. The molecule has 1 heterocycles. The molecule has 36 heavy (non-hydrogen) atoms. The van der Waals surface area contributed by atoms with Crippen LogP contribution in [-0.4, -0.2) is 41.3 Å². The molecule has 0 radical (unpaired) electrons. The van der Waals surface area contributed by atoms with Crippen LogP contribution in [0.2, 0.25) is 0 Å². The van der Waals surface area contributed by atoms with Crippen molar-refractivity contribution in [1.82, 2.24) is 15.6 Å². The van der Waals surface area contributed by atoms with Crippen LogP contribution in [0.5, 0.6) is 0 Å². The number of hydrogen-bond acceptors (Lipinski definition) is 5. The number of aromatic nitrogens is 1. The summed E-state index contributed by atoms with van der Waals surface area (Å²) in [6.45, 7) is 2.39. The number of benzene rings is 2. The monoisotopic (exact) mass is 489 g/mol. The summed E-state index contributed by atoms with van der Waals surface area (Å²) in [7, 11) is 0. The molecule has 7 heteroatoms. The topological polar surface area (TPSA) is 100 Å². The predicted octanol–water partition coefficient (Wildman–Crippen LogP) is 4.53. The Morgan fingerprint density at radius 3 is 2.69 bits per heavy atom. The molecule has 0 unspecified atom stereocenters. The molecule has 2 aromatic carbocycles. The minimum atomic E-state index is -0.433. The Hall–Kier alpha value is -3.45. The van der Waals surface area contributed by atoms with E-state index in [1.165, 1.54) is 0 Å². The smallest absolute Gasteiger partial charge is 0.311 e. The standard InChI is InChI=1S/C29H35N3O4/c1-2-3-14-25(31-18-22-12-7-11-21-16-17-30-27(21)22)28(34)32-24-15-8-13-23(24)29(35)36-19-26(33)20-9-5-4-6-10-20/h4-7,9-12,16-17,23-25,30-31H,2-3,8,13-15,18-19H2,1H3,(H,32,34)/t23-,24+,25+/m1/s1. The van der Waals surface area contributed by atoms with Crippen LogP contribution in [0.25, 0.3) is 10.9 Å².